The quantitative estimate of drug-likeness (QED) is 0.203. The van der Waals surface area contributed by atoms with Crippen LogP contribution in [-0.2, 0) is 13.1 Å². The molecule has 0 unspecified atom stereocenters. The molecule has 1 saturated carbocycles. The first-order valence-electron chi connectivity index (χ1n) is 11.2. The van der Waals surface area contributed by atoms with E-state index in [1.165, 1.54) is 42.6 Å². The maximum atomic E-state index is 14.9. The fraction of sp³-hybridized carbons (Fsp3) is 0.304. The number of hydrogen-bond acceptors (Lipinski definition) is 9. The first-order valence-corrected chi connectivity index (χ1v) is 11.2. The fourth-order valence-corrected chi connectivity index (χ4v) is 3.88. The van der Waals surface area contributed by atoms with Gasteiger partial charge in [-0.05, 0) is 52.9 Å². The van der Waals surface area contributed by atoms with Gasteiger partial charge in [-0.15, -0.1) is 5.10 Å². The van der Waals surface area contributed by atoms with Gasteiger partial charge in [-0.1, -0.05) is 6.07 Å². The first-order chi connectivity index (χ1) is 17.2. The van der Waals surface area contributed by atoms with Crippen LogP contribution in [0.3, 0.4) is 0 Å². The van der Waals surface area contributed by atoms with Crippen LogP contribution in [-0.4, -0.2) is 55.2 Å². The maximum Gasteiger partial charge on any atom is 0.171 e. The molecular formula is C23H25FN10O. The van der Waals surface area contributed by atoms with Crippen LogP contribution in [0.2, 0.25) is 0 Å². The molecule has 0 bridgehead atoms. The number of fused-ring (bicyclic) bond motifs is 1. The minimum atomic E-state index is -0.496. The van der Waals surface area contributed by atoms with Gasteiger partial charge >= 0.3 is 0 Å². The van der Waals surface area contributed by atoms with E-state index in [-0.39, 0.29) is 18.8 Å². The summed E-state index contributed by atoms with van der Waals surface area (Å²) in [4.78, 5) is 9.04. The third-order valence-electron chi connectivity index (χ3n) is 5.84. The van der Waals surface area contributed by atoms with Gasteiger partial charge in [-0.3, -0.25) is 4.99 Å². The molecule has 3 heterocycles. The molecule has 0 radical (unpaired) electrons. The van der Waals surface area contributed by atoms with E-state index in [9.17, 15) is 4.39 Å². The molecule has 1 fully saturated rings. The number of methoxy groups -OCH3 is 1. The van der Waals surface area contributed by atoms with E-state index in [0.717, 1.165) is 11.3 Å². The summed E-state index contributed by atoms with van der Waals surface area (Å²) in [7, 11) is 1.41. The summed E-state index contributed by atoms with van der Waals surface area (Å²) in [6.07, 6.45) is 9.65. The van der Waals surface area contributed by atoms with Gasteiger partial charge in [0.2, 0.25) is 0 Å². The molecule has 5 rings (SSSR count). The minimum absolute atomic E-state index is 0.129. The van der Waals surface area contributed by atoms with Crippen LogP contribution in [0.25, 0.3) is 11.3 Å². The summed E-state index contributed by atoms with van der Waals surface area (Å²) >= 11 is 0. The average molecular weight is 477 g/mol. The highest BCUT2D eigenvalue weighted by atomic mass is 19.1. The minimum Gasteiger partial charge on any atom is -0.494 e. The van der Waals surface area contributed by atoms with Crippen molar-refractivity contribution in [3.8, 4) is 11.4 Å². The Balaban J connectivity index is 1.21. The molecule has 0 amide bonds. The van der Waals surface area contributed by atoms with Gasteiger partial charge in [0.05, 0.1) is 30.7 Å². The van der Waals surface area contributed by atoms with Crippen molar-refractivity contribution < 1.29 is 9.13 Å². The number of benzene rings is 1. The summed E-state index contributed by atoms with van der Waals surface area (Å²) in [6.45, 7) is 0.843. The molecular weight excluding hydrogens is 451 g/mol. The van der Waals surface area contributed by atoms with Crippen molar-refractivity contribution >= 4 is 17.6 Å². The predicted molar refractivity (Wildman–Crippen MR) is 128 cm³/mol. The molecule has 3 aromatic heterocycles. The van der Waals surface area contributed by atoms with Crippen LogP contribution in [0, 0.1) is 5.82 Å². The Labute approximate surface area is 200 Å². The zero-order chi connectivity index (χ0) is 24.2. The van der Waals surface area contributed by atoms with Crippen LogP contribution < -0.4 is 15.9 Å². The van der Waals surface area contributed by atoms with Crippen molar-refractivity contribution in [2.75, 3.05) is 13.7 Å². The maximum absolute atomic E-state index is 14.9. The van der Waals surface area contributed by atoms with Gasteiger partial charge in [0.15, 0.2) is 11.6 Å². The highest BCUT2D eigenvalue weighted by molar-refractivity contribution is 6.31. The molecule has 1 aliphatic rings. The lowest BCUT2D eigenvalue weighted by Gasteiger charge is -2.13. The molecule has 35 heavy (non-hydrogen) atoms. The number of aromatic nitrogens is 6. The first kappa shape index (κ1) is 22.6. The fourth-order valence-electron chi connectivity index (χ4n) is 3.88. The van der Waals surface area contributed by atoms with Crippen LogP contribution in [0.5, 0.6) is 5.75 Å². The molecule has 4 aromatic rings. The molecule has 1 aliphatic carbocycles. The molecule has 0 saturated heterocycles. The van der Waals surface area contributed by atoms with Crippen LogP contribution in [0.4, 0.5) is 4.39 Å². The lowest BCUT2D eigenvalue weighted by Crippen LogP contribution is -2.26. The topological polar surface area (TPSA) is 133 Å². The smallest absolute Gasteiger partial charge is 0.171 e. The molecule has 0 atom stereocenters. The highest BCUT2D eigenvalue weighted by Crippen LogP contribution is 2.39. The molecule has 1 aromatic carbocycles. The molecule has 180 valence electrons. The van der Waals surface area contributed by atoms with Crippen molar-refractivity contribution in [3.63, 3.8) is 0 Å². The largest absolute Gasteiger partial charge is 0.494 e. The molecule has 0 spiro atoms. The zero-order valence-corrected chi connectivity index (χ0v) is 19.2. The Morgan fingerprint density at radius 1 is 1.29 bits per heavy atom. The third kappa shape index (κ3) is 5.01. The Hall–Kier alpha value is -4.19. The Kier molecular flexibility index (Phi) is 6.44. The van der Waals surface area contributed by atoms with Crippen molar-refractivity contribution in [3.05, 3.63) is 65.6 Å². The second kappa shape index (κ2) is 9.97. The van der Waals surface area contributed by atoms with Crippen molar-refractivity contribution in [2.45, 2.75) is 31.8 Å². The number of aliphatic imine (C=N–C) groups is 1. The molecule has 11 nitrogen and oxygen atoms in total. The molecule has 12 heteroatoms. The van der Waals surface area contributed by atoms with Crippen LogP contribution in [0.15, 0.2) is 53.1 Å². The standard InChI is InChI=1S/C23H25FN10O/c1-35-21-6-5-20(34-14-28-31-32-34)19(23(21)24)11-27-9-17(30-25)8-26-10-18-13-33-12-16(15-2-3-15)4-7-22(33)29-18/h4-8,12-15,27H,2-3,9-11,25H2,1H3. The van der Waals surface area contributed by atoms with Gasteiger partial charge < -0.3 is 20.3 Å². The number of pyridine rings is 1. The van der Waals surface area contributed by atoms with Crippen molar-refractivity contribution in [1.82, 2.24) is 34.9 Å². The summed E-state index contributed by atoms with van der Waals surface area (Å²) < 4.78 is 23.5. The lowest BCUT2D eigenvalue weighted by atomic mass is 10.1. The van der Waals surface area contributed by atoms with E-state index in [1.807, 2.05) is 16.7 Å². The van der Waals surface area contributed by atoms with E-state index < -0.39 is 5.82 Å². The summed E-state index contributed by atoms with van der Waals surface area (Å²) in [5, 5.41) is 18.0. The highest BCUT2D eigenvalue weighted by Gasteiger charge is 2.23. The van der Waals surface area contributed by atoms with Gasteiger partial charge in [-0.25, -0.2) is 14.1 Å². The van der Waals surface area contributed by atoms with Gasteiger partial charge in [-0.2, -0.15) is 5.10 Å². The number of nitrogens with one attached hydrogen (secondary N) is 1. The number of ether oxygens (including phenoxy) is 1. The van der Waals surface area contributed by atoms with Crippen LogP contribution in [0.1, 0.15) is 35.6 Å². The SMILES string of the molecule is COc1ccc(-n2cnnn2)c(CNCC(C=NCc2cn3cc(C4CC4)ccc3n2)=NN)c1F. The summed E-state index contributed by atoms with van der Waals surface area (Å²) in [5.41, 5.74) is 4.45. The van der Waals surface area contributed by atoms with E-state index >= 15 is 0 Å². The lowest BCUT2D eigenvalue weighted by molar-refractivity contribution is 0.383. The summed E-state index contributed by atoms with van der Waals surface area (Å²) in [6, 6.07) is 7.41. The number of nitrogens with two attached hydrogens (primary N) is 1. The number of hydrogen-bond donors (Lipinski definition) is 2. The normalized spacial score (nSPS) is 14.3. The second-order valence-electron chi connectivity index (χ2n) is 8.26. The van der Waals surface area contributed by atoms with Crippen molar-refractivity contribution in [2.24, 2.45) is 15.9 Å². The number of tetrazole rings is 1. The van der Waals surface area contributed by atoms with E-state index in [0.29, 0.717) is 29.4 Å². The summed E-state index contributed by atoms with van der Waals surface area (Å²) in [5.74, 6) is 5.86. The third-order valence-corrected chi connectivity index (χ3v) is 5.84. The average Bonchev–Trinajstić information content (AvgIpc) is 3.42. The van der Waals surface area contributed by atoms with Gasteiger partial charge in [0.25, 0.3) is 0 Å². The second-order valence-corrected chi connectivity index (χ2v) is 8.26. The van der Waals surface area contributed by atoms with Crippen molar-refractivity contribution in [1.29, 1.82) is 0 Å². The number of halogens is 1. The van der Waals surface area contributed by atoms with E-state index in [2.05, 4.69) is 48.2 Å². The number of hydrazone groups is 1. The monoisotopic (exact) mass is 476 g/mol. The number of rotatable bonds is 10. The Bertz CT molecular complexity index is 1370. The number of imidazole rings is 1. The van der Waals surface area contributed by atoms with Gasteiger partial charge in [0, 0.05) is 37.3 Å². The molecule has 0 aliphatic heterocycles. The van der Waals surface area contributed by atoms with E-state index in [4.69, 9.17) is 10.6 Å². The predicted octanol–water partition coefficient (Wildman–Crippen LogP) is 2.01. The van der Waals surface area contributed by atoms with E-state index in [1.54, 1.807) is 12.3 Å². The Morgan fingerprint density at radius 3 is 2.91 bits per heavy atom. The Morgan fingerprint density at radius 2 is 2.17 bits per heavy atom. The molecule has 3 N–H and O–H groups in total. The zero-order valence-electron chi connectivity index (χ0n) is 19.2. The van der Waals surface area contributed by atoms with Gasteiger partial charge in [0.1, 0.15) is 12.0 Å². The number of nitrogens with zero attached hydrogens (tertiary/aromatic N) is 8. The van der Waals surface area contributed by atoms with Crippen LogP contribution >= 0.6 is 0 Å².